The molecule has 0 bridgehead atoms. The van der Waals surface area contributed by atoms with Gasteiger partial charge in [0.25, 0.3) is 5.56 Å². The van der Waals surface area contributed by atoms with Crippen molar-refractivity contribution in [3.05, 3.63) is 40.2 Å². The van der Waals surface area contributed by atoms with Gasteiger partial charge in [-0.05, 0) is 19.8 Å². The number of H-pyrrole nitrogens is 1. The highest BCUT2D eigenvalue weighted by atomic mass is 19.4. The van der Waals surface area contributed by atoms with E-state index in [0.29, 0.717) is 32.1 Å². The highest BCUT2D eigenvalue weighted by Gasteiger charge is 2.37. The quantitative estimate of drug-likeness (QED) is 0.508. The van der Waals surface area contributed by atoms with Gasteiger partial charge in [-0.15, -0.1) is 0 Å². The fourth-order valence-electron chi connectivity index (χ4n) is 3.94. The van der Waals surface area contributed by atoms with Crippen molar-refractivity contribution in [1.82, 2.24) is 25.1 Å². The highest BCUT2D eigenvalue weighted by Crippen LogP contribution is 2.38. The Hall–Kier alpha value is -3.22. The number of piperazine rings is 1. The minimum Gasteiger partial charge on any atom is -0.379 e. The van der Waals surface area contributed by atoms with Crippen LogP contribution in [0.25, 0.3) is 0 Å². The van der Waals surface area contributed by atoms with Crippen LogP contribution in [0.15, 0.2) is 23.4 Å². The number of aromatic amines is 1. The zero-order valence-electron chi connectivity index (χ0n) is 19.3. The zero-order chi connectivity index (χ0) is 25.0. The number of ether oxygens (including phenoxy) is 1. The molecule has 1 aliphatic heterocycles. The molecular formula is C22H28F3N7O3. The Kier molecular flexibility index (Phi) is 7.53. The Morgan fingerprint density at radius 1 is 1.20 bits per heavy atom. The van der Waals surface area contributed by atoms with Crippen LogP contribution < -0.4 is 15.8 Å². The van der Waals surface area contributed by atoms with Crippen molar-refractivity contribution in [2.45, 2.75) is 44.3 Å². The van der Waals surface area contributed by atoms with Crippen LogP contribution in [0.2, 0.25) is 0 Å². The summed E-state index contributed by atoms with van der Waals surface area (Å²) in [6.45, 7) is 4.27. The van der Waals surface area contributed by atoms with Gasteiger partial charge < -0.3 is 19.9 Å². The lowest BCUT2D eigenvalue weighted by Crippen LogP contribution is -2.49. The van der Waals surface area contributed by atoms with Gasteiger partial charge in [0.2, 0.25) is 5.91 Å². The van der Waals surface area contributed by atoms with E-state index in [-0.39, 0.29) is 25.5 Å². The summed E-state index contributed by atoms with van der Waals surface area (Å²) >= 11 is 0. The number of carbonyl (C=O) groups is 1. The molecule has 1 saturated heterocycles. The van der Waals surface area contributed by atoms with E-state index >= 15 is 0 Å². The van der Waals surface area contributed by atoms with Gasteiger partial charge in [0, 0.05) is 38.1 Å². The van der Waals surface area contributed by atoms with Crippen LogP contribution in [0.4, 0.5) is 24.7 Å². The van der Waals surface area contributed by atoms with E-state index in [4.69, 9.17) is 4.74 Å². The second-order valence-electron chi connectivity index (χ2n) is 8.80. The molecule has 1 amide bonds. The molecule has 0 aromatic carbocycles. The molecule has 2 N–H and O–H groups in total. The smallest absolute Gasteiger partial charge is 0.379 e. The van der Waals surface area contributed by atoms with Crippen molar-refractivity contribution in [2.75, 3.05) is 49.6 Å². The summed E-state index contributed by atoms with van der Waals surface area (Å²) < 4.78 is 44.9. The largest absolute Gasteiger partial charge is 0.423 e. The maximum atomic E-state index is 13.1. The molecule has 1 atom stereocenters. The van der Waals surface area contributed by atoms with Crippen molar-refractivity contribution in [1.29, 1.82) is 0 Å². The monoisotopic (exact) mass is 495 g/mol. The molecule has 190 valence electrons. The Morgan fingerprint density at radius 2 is 1.94 bits per heavy atom. The van der Waals surface area contributed by atoms with Gasteiger partial charge in [-0.1, -0.05) is 0 Å². The first-order valence-electron chi connectivity index (χ1n) is 11.6. The number of nitrogens with zero attached hydrogens (tertiary/aromatic N) is 5. The molecule has 2 aliphatic rings. The summed E-state index contributed by atoms with van der Waals surface area (Å²) in [5, 5.41) is 7.81. The van der Waals surface area contributed by atoms with E-state index in [9.17, 15) is 22.8 Å². The number of amides is 1. The SMILES string of the molecule is C[C@@H](COCCC(=O)N1CCN(c2cnc(C3CC3)cn2)CC1)Nc1cn[nH]c(=O)c1C(F)(F)F. The van der Waals surface area contributed by atoms with Crippen molar-refractivity contribution >= 4 is 17.4 Å². The third-order valence-corrected chi connectivity index (χ3v) is 5.98. The second kappa shape index (κ2) is 10.6. The molecule has 1 saturated carbocycles. The lowest BCUT2D eigenvalue weighted by atomic mass is 10.2. The average Bonchev–Trinajstić information content (AvgIpc) is 3.67. The molecule has 35 heavy (non-hydrogen) atoms. The molecule has 2 fully saturated rings. The van der Waals surface area contributed by atoms with Gasteiger partial charge in [0.05, 0.1) is 49.6 Å². The third-order valence-electron chi connectivity index (χ3n) is 5.98. The minimum atomic E-state index is -4.82. The Labute approximate surface area is 199 Å². The summed E-state index contributed by atoms with van der Waals surface area (Å²) in [6.07, 6.45) is 2.26. The summed E-state index contributed by atoms with van der Waals surface area (Å²) in [5.74, 6) is 1.33. The van der Waals surface area contributed by atoms with Gasteiger partial charge in [-0.2, -0.15) is 18.3 Å². The van der Waals surface area contributed by atoms with E-state index in [2.05, 4.69) is 25.3 Å². The molecular weight excluding hydrogens is 467 g/mol. The number of halogens is 3. The predicted octanol–water partition coefficient (Wildman–Crippen LogP) is 2.01. The number of hydrogen-bond donors (Lipinski definition) is 2. The van der Waals surface area contributed by atoms with Crippen LogP contribution >= 0.6 is 0 Å². The van der Waals surface area contributed by atoms with Gasteiger partial charge in [-0.25, -0.2) is 10.1 Å². The fraction of sp³-hybridized carbons (Fsp3) is 0.591. The van der Waals surface area contributed by atoms with Gasteiger partial charge in [0.1, 0.15) is 11.4 Å². The molecule has 13 heteroatoms. The molecule has 2 aromatic rings. The summed E-state index contributed by atoms with van der Waals surface area (Å²) in [5.41, 5.74) is -2.03. The van der Waals surface area contributed by atoms with E-state index in [1.165, 1.54) is 12.8 Å². The first kappa shape index (κ1) is 24.9. The maximum Gasteiger partial charge on any atom is 0.423 e. The molecule has 10 nitrogen and oxygen atoms in total. The van der Waals surface area contributed by atoms with E-state index in [1.807, 2.05) is 6.20 Å². The summed E-state index contributed by atoms with van der Waals surface area (Å²) in [4.78, 5) is 36.9. The molecule has 1 aliphatic carbocycles. The zero-order valence-corrected chi connectivity index (χ0v) is 19.3. The second-order valence-corrected chi connectivity index (χ2v) is 8.80. The number of anilines is 2. The average molecular weight is 496 g/mol. The standard InChI is InChI=1S/C22H28F3N7O3/c1-14(29-17-11-28-30-21(34)20(17)22(23,24)25)13-35-9-4-19(33)32-7-5-31(6-8-32)18-12-26-16(10-27-18)15-2-3-15/h10-12,14-15H,2-9,13H2,1H3,(H2,29,30,34)/t14-/m0/s1. The Bertz CT molecular complexity index is 1070. The molecule has 0 spiro atoms. The van der Waals surface area contributed by atoms with E-state index in [0.717, 1.165) is 17.7 Å². The highest BCUT2D eigenvalue weighted by molar-refractivity contribution is 5.76. The lowest BCUT2D eigenvalue weighted by molar-refractivity contribution is -0.138. The number of nitrogens with one attached hydrogen (secondary N) is 2. The van der Waals surface area contributed by atoms with Crippen LogP contribution in [-0.2, 0) is 15.7 Å². The summed E-state index contributed by atoms with van der Waals surface area (Å²) in [7, 11) is 0. The normalized spacial score (nSPS) is 17.4. The lowest BCUT2D eigenvalue weighted by Gasteiger charge is -2.35. The predicted molar refractivity (Wildman–Crippen MR) is 121 cm³/mol. The number of rotatable bonds is 9. The van der Waals surface area contributed by atoms with Gasteiger partial charge in [0.15, 0.2) is 0 Å². The van der Waals surface area contributed by atoms with Crippen molar-refractivity contribution in [3.63, 3.8) is 0 Å². The van der Waals surface area contributed by atoms with E-state index in [1.54, 1.807) is 23.1 Å². The Balaban J connectivity index is 1.16. The number of carbonyl (C=O) groups excluding carboxylic acids is 1. The number of alkyl halides is 3. The van der Waals surface area contributed by atoms with Crippen LogP contribution in [0.5, 0.6) is 0 Å². The van der Waals surface area contributed by atoms with Crippen molar-refractivity contribution in [2.24, 2.45) is 0 Å². The van der Waals surface area contributed by atoms with Crippen molar-refractivity contribution < 1.29 is 22.7 Å². The summed E-state index contributed by atoms with van der Waals surface area (Å²) in [6, 6.07) is -0.536. The third kappa shape index (κ3) is 6.47. The van der Waals surface area contributed by atoms with Crippen LogP contribution in [-0.4, -0.2) is 76.4 Å². The first-order chi connectivity index (χ1) is 16.7. The van der Waals surface area contributed by atoms with Gasteiger partial charge >= 0.3 is 6.18 Å². The number of hydrogen-bond acceptors (Lipinski definition) is 8. The van der Waals surface area contributed by atoms with Crippen LogP contribution in [0.1, 0.15) is 43.4 Å². The topological polar surface area (TPSA) is 116 Å². The number of aromatic nitrogens is 4. The molecule has 3 heterocycles. The molecule has 0 radical (unpaired) electrons. The maximum absolute atomic E-state index is 13.1. The molecule has 2 aromatic heterocycles. The van der Waals surface area contributed by atoms with E-state index < -0.39 is 29.0 Å². The van der Waals surface area contributed by atoms with Crippen molar-refractivity contribution in [3.8, 4) is 0 Å². The minimum absolute atomic E-state index is 0.0430. The first-order valence-corrected chi connectivity index (χ1v) is 11.6. The fourth-order valence-corrected chi connectivity index (χ4v) is 3.94. The van der Waals surface area contributed by atoms with Gasteiger partial charge in [-0.3, -0.25) is 14.6 Å². The Morgan fingerprint density at radius 3 is 2.57 bits per heavy atom. The van der Waals surface area contributed by atoms with Crippen LogP contribution in [0.3, 0.4) is 0 Å². The molecule has 4 rings (SSSR count). The van der Waals surface area contributed by atoms with Crippen LogP contribution in [0, 0.1) is 0 Å². The molecule has 0 unspecified atom stereocenters.